The average Bonchev–Trinajstić information content (AvgIpc) is 2.70. The van der Waals surface area contributed by atoms with E-state index in [0.717, 1.165) is 21.9 Å². The molecular formula is C14H17N3O4S2. The summed E-state index contributed by atoms with van der Waals surface area (Å²) in [4.78, 5) is 28.2. The topological polar surface area (TPSA) is 98.1 Å². The zero-order chi connectivity index (χ0) is 17.2. The van der Waals surface area contributed by atoms with Gasteiger partial charge in [0.2, 0.25) is 5.91 Å². The smallest absolute Gasteiger partial charge is 0.303 e. The predicted octanol–water partition coefficient (Wildman–Crippen LogP) is 1.13. The number of aromatic nitrogens is 2. The Morgan fingerprint density at radius 2 is 2.04 bits per heavy atom. The van der Waals surface area contributed by atoms with Crippen molar-refractivity contribution in [3.05, 3.63) is 44.1 Å². The van der Waals surface area contributed by atoms with Crippen molar-refractivity contribution in [1.29, 1.82) is 0 Å². The Kier molecular flexibility index (Phi) is 5.00. The molecule has 0 fully saturated rings. The molecule has 1 N–H and O–H groups in total. The fourth-order valence-corrected chi connectivity index (χ4v) is 4.11. The lowest BCUT2D eigenvalue weighted by Crippen LogP contribution is -2.32. The molecule has 0 saturated carbocycles. The number of nitrogens with one attached hydrogen (secondary N) is 1. The van der Waals surface area contributed by atoms with Gasteiger partial charge in [-0.15, -0.1) is 0 Å². The summed E-state index contributed by atoms with van der Waals surface area (Å²) in [6.45, 7) is 5.35. The van der Waals surface area contributed by atoms with Crippen LogP contribution in [0.2, 0.25) is 0 Å². The minimum atomic E-state index is -4.01. The van der Waals surface area contributed by atoms with E-state index in [1.165, 1.54) is 10.8 Å². The molecule has 0 bridgehead atoms. The second kappa shape index (κ2) is 6.63. The monoisotopic (exact) mass is 355 g/mol. The van der Waals surface area contributed by atoms with Crippen LogP contribution in [0.3, 0.4) is 0 Å². The molecule has 1 amide bonds. The van der Waals surface area contributed by atoms with E-state index in [0.29, 0.717) is 5.56 Å². The molecule has 0 aliphatic rings. The van der Waals surface area contributed by atoms with Gasteiger partial charge in [-0.05, 0) is 32.4 Å². The minimum Gasteiger partial charge on any atom is -0.303 e. The molecule has 0 aliphatic carbocycles. The van der Waals surface area contributed by atoms with Gasteiger partial charge in [-0.3, -0.25) is 9.59 Å². The van der Waals surface area contributed by atoms with Gasteiger partial charge in [0.1, 0.15) is 0 Å². The fraction of sp³-hybridized carbons (Fsp3) is 0.357. The Balaban J connectivity index is 2.08. The number of thiazole rings is 1. The van der Waals surface area contributed by atoms with Crippen LogP contribution in [0.25, 0.3) is 0 Å². The van der Waals surface area contributed by atoms with Crippen molar-refractivity contribution in [2.24, 2.45) is 0 Å². The Labute approximate surface area is 138 Å². The van der Waals surface area contributed by atoms with Crippen LogP contribution in [0.5, 0.6) is 0 Å². The molecule has 124 valence electrons. The average molecular weight is 355 g/mol. The number of sulfonamides is 1. The van der Waals surface area contributed by atoms with Crippen molar-refractivity contribution >= 4 is 27.3 Å². The molecule has 0 radical (unpaired) electrons. The third kappa shape index (κ3) is 3.85. The van der Waals surface area contributed by atoms with Crippen LogP contribution in [-0.2, 0) is 21.4 Å². The summed E-state index contributed by atoms with van der Waals surface area (Å²) in [5, 5.41) is -0.173. The van der Waals surface area contributed by atoms with E-state index in [1.54, 1.807) is 26.0 Å². The summed E-state index contributed by atoms with van der Waals surface area (Å²) in [7, 11) is -4.01. The van der Waals surface area contributed by atoms with E-state index in [9.17, 15) is 18.0 Å². The highest BCUT2D eigenvalue weighted by Gasteiger charge is 2.21. The van der Waals surface area contributed by atoms with Gasteiger partial charge in [-0.1, -0.05) is 17.4 Å². The highest BCUT2D eigenvalue weighted by atomic mass is 32.2. The Bertz CT molecular complexity index is 897. The molecule has 0 aromatic carbocycles. The summed E-state index contributed by atoms with van der Waals surface area (Å²) in [6, 6.07) is 3.22. The first-order chi connectivity index (χ1) is 10.7. The summed E-state index contributed by atoms with van der Waals surface area (Å²) in [6.07, 6.45) is 1.24. The van der Waals surface area contributed by atoms with Gasteiger partial charge < -0.3 is 4.57 Å². The highest BCUT2D eigenvalue weighted by molar-refractivity contribution is 7.90. The van der Waals surface area contributed by atoms with Gasteiger partial charge >= 0.3 is 4.87 Å². The van der Waals surface area contributed by atoms with Crippen molar-refractivity contribution in [2.75, 3.05) is 0 Å². The van der Waals surface area contributed by atoms with Gasteiger partial charge in [0.15, 0.2) is 5.03 Å². The second-order valence-corrected chi connectivity index (χ2v) is 7.83. The number of aryl methyl sites for hydroxylation is 2. The molecule has 2 rings (SSSR count). The molecule has 9 heteroatoms. The van der Waals surface area contributed by atoms with Gasteiger partial charge in [0.25, 0.3) is 10.0 Å². The van der Waals surface area contributed by atoms with Crippen molar-refractivity contribution in [3.8, 4) is 0 Å². The maximum absolute atomic E-state index is 12.2. The Hall–Kier alpha value is -2.00. The minimum absolute atomic E-state index is 0.109. The molecule has 0 aliphatic heterocycles. The number of carbonyl (C=O) groups excluding carboxylic acids is 1. The van der Waals surface area contributed by atoms with Crippen LogP contribution >= 0.6 is 11.3 Å². The number of hydrogen-bond donors (Lipinski definition) is 1. The van der Waals surface area contributed by atoms with E-state index in [2.05, 4.69) is 4.98 Å². The van der Waals surface area contributed by atoms with Crippen LogP contribution in [0.4, 0.5) is 0 Å². The molecular weight excluding hydrogens is 338 g/mol. The summed E-state index contributed by atoms with van der Waals surface area (Å²) < 4.78 is 27.8. The van der Waals surface area contributed by atoms with Crippen molar-refractivity contribution in [2.45, 2.75) is 38.8 Å². The predicted molar refractivity (Wildman–Crippen MR) is 87.0 cm³/mol. The third-order valence-corrected chi connectivity index (χ3v) is 5.83. The van der Waals surface area contributed by atoms with Crippen LogP contribution in [0.15, 0.2) is 28.2 Å². The molecule has 0 unspecified atom stereocenters. The number of hydrogen-bond acceptors (Lipinski definition) is 6. The van der Waals surface area contributed by atoms with Crippen molar-refractivity contribution in [1.82, 2.24) is 14.3 Å². The Morgan fingerprint density at radius 1 is 1.35 bits per heavy atom. The van der Waals surface area contributed by atoms with Crippen LogP contribution < -0.4 is 9.60 Å². The molecule has 23 heavy (non-hydrogen) atoms. The first-order valence-corrected chi connectivity index (χ1v) is 9.16. The van der Waals surface area contributed by atoms with Crippen LogP contribution in [0.1, 0.15) is 22.6 Å². The number of rotatable bonds is 5. The number of carbonyl (C=O) groups is 1. The normalized spacial score (nSPS) is 11.4. The number of amides is 1. The molecule has 7 nitrogen and oxygen atoms in total. The van der Waals surface area contributed by atoms with E-state index in [-0.39, 0.29) is 22.9 Å². The van der Waals surface area contributed by atoms with Crippen molar-refractivity contribution in [3.63, 3.8) is 0 Å². The first kappa shape index (κ1) is 17.4. The summed E-state index contributed by atoms with van der Waals surface area (Å²) in [5.74, 6) is -0.676. The standard InChI is InChI=1S/C14H17N3O4S2/c1-9-5-4-7-15-13(9)23(20,21)16-12(18)6-8-17-10(2)11(3)22-14(17)19/h4-5,7H,6,8H2,1-3H3,(H,16,18). The summed E-state index contributed by atoms with van der Waals surface area (Å²) in [5.41, 5.74) is 1.24. The molecule has 0 spiro atoms. The zero-order valence-electron chi connectivity index (χ0n) is 13.0. The second-order valence-electron chi connectivity index (χ2n) is 5.07. The molecule has 0 saturated heterocycles. The van der Waals surface area contributed by atoms with Gasteiger partial charge in [0, 0.05) is 29.7 Å². The lowest BCUT2D eigenvalue weighted by Gasteiger charge is -2.09. The van der Waals surface area contributed by atoms with E-state index in [4.69, 9.17) is 0 Å². The fourth-order valence-electron chi connectivity index (χ4n) is 2.06. The number of nitrogens with zero attached hydrogens (tertiary/aromatic N) is 2. The van der Waals surface area contributed by atoms with Crippen LogP contribution in [0, 0.1) is 20.8 Å². The molecule has 2 heterocycles. The molecule has 2 aromatic rings. The molecule has 0 atom stereocenters. The van der Waals surface area contributed by atoms with E-state index >= 15 is 0 Å². The first-order valence-electron chi connectivity index (χ1n) is 6.86. The quantitative estimate of drug-likeness (QED) is 0.867. The lowest BCUT2D eigenvalue weighted by atomic mass is 10.3. The molecule has 2 aromatic heterocycles. The van der Waals surface area contributed by atoms with Gasteiger partial charge in [-0.2, -0.15) is 8.42 Å². The van der Waals surface area contributed by atoms with E-state index in [1.807, 2.05) is 11.6 Å². The van der Waals surface area contributed by atoms with Crippen LogP contribution in [-0.4, -0.2) is 23.9 Å². The van der Waals surface area contributed by atoms with Gasteiger partial charge in [-0.25, -0.2) is 9.71 Å². The van der Waals surface area contributed by atoms with Gasteiger partial charge in [0.05, 0.1) is 0 Å². The SMILES string of the molecule is Cc1cccnc1S(=O)(=O)NC(=O)CCn1c(C)c(C)sc1=O. The van der Waals surface area contributed by atoms with E-state index < -0.39 is 15.9 Å². The van der Waals surface area contributed by atoms with Crippen molar-refractivity contribution < 1.29 is 13.2 Å². The zero-order valence-corrected chi connectivity index (χ0v) is 14.6. The highest BCUT2D eigenvalue weighted by Crippen LogP contribution is 2.12. The lowest BCUT2D eigenvalue weighted by molar-refractivity contribution is -0.119. The third-order valence-electron chi connectivity index (χ3n) is 3.40. The summed E-state index contributed by atoms with van der Waals surface area (Å²) >= 11 is 1.11. The largest absolute Gasteiger partial charge is 0.307 e. The Morgan fingerprint density at radius 3 is 2.61 bits per heavy atom. The maximum Gasteiger partial charge on any atom is 0.307 e. The maximum atomic E-state index is 12.2. The number of pyridine rings is 1.